The second-order valence-electron chi connectivity index (χ2n) is 10.1. The molecule has 3 heterocycles. The summed E-state index contributed by atoms with van der Waals surface area (Å²) in [7, 11) is 1.64. The number of aromatic nitrogens is 1. The van der Waals surface area contributed by atoms with E-state index in [2.05, 4.69) is 4.90 Å². The molecule has 1 amide bonds. The number of aldehydes is 1. The molecular weight excluding hydrogens is 462 g/mol. The van der Waals surface area contributed by atoms with Gasteiger partial charge in [0.05, 0.1) is 24.3 Å². The monoisotopic (exact) mass is 497 g/mol. The van der Waals surface area contributed by atoms with E-state index in [9.17, 15) is 14.7 Å². The highest BCUT2D eigenvalue weighted by molar-refractivity contribution is 7.09. The Morgan fingerprint density at radius 2 is 1.86 bits per heavy atom. The van der Waals surface area contributed by atoms with Crippen LogP contribution in [0, 0.1) is 5.92 Å². The van der Waals surface area contributed by atoms with Gasteiger partial charge in [0.15, 0.2) is 0 Å². The number of thiazole rings is 1. The van der Waals surface area contributed by atoms with Gasteiger partial charge in [-0.05, 0) is 62.9 Å². The first kappa shape index (κ1) is 24.4. The van der Waals surface area contributed by atoms with Crippen LogP contribution in [0.3, 0.4) is 0 Å². The summed E-state index contributed by atoms with van der Waals surface area (Å²) in [5.41, 5.74) is 1.53. The van der Waals surface area contributed by atoms with Gasteiger partial charge in [0.25, 0.3) is 5.91 Å². The maximum atomic E-state index is 13.4. The molecule has 8 heteroatoms. The number of aliphatic hydroxyl groups is 1. The fourth-order valence-electron chi connectivity index (χ4n) is 6.20. The average molecular weight is 498 g/mol. The number of carbonyl (C=O) groups excluding carboxylic acids is 2. The molecular formula is C27H35N3O4S. The number of likely N-dealkylation sites (tertiary alicyclic amines) is 2. The topological polar surface area (TPSA) is 83.0 Å². The Bertz CT molecular complexity index is 1020. The van der Waals surface area contributed by atoms with E-state index in [1.165, 1.54) is 0 Å². The van der Waals surface area contributed by atoms with Crippen molar-refractivity contribution in [1.29, 1.82) is 0 Å². The van der Waals surface area contributed by atoms with Gasteiger partial charge in [-0.1, -0.05) is 25.0 Å². The third-order valence-electron chi connectivity index (χ3n) is 8.20. The highest BCUT2D eigenvalue weighted by Gasteiger charge is 2.41. The SMILES string of the molecule is COc1ccc(C(C=O)N2CCC(c3nc(C(=O)N4CCC(O)C5CCCCC54)cs3)CC2)cc1. The number of hydrogen-bond acceptors (Lipinski definition) is 7. The van der Waals surface area contributed by atoms with E-state index in [0.717, 1.165) is 74.2 Å². The fraction of sp³-hybridized carbons (Fsp3) is 0.593. The maximum absolute atomic E-state index is 13.4. The molecule has 188 valence electrons. The van der Waals surface area contributed by atoms with Crippen LogP contribution in [0.5, 0.6) is 5.75 Å². The molecule has 1 aromatic heterocycles. The first-order chi connectivity index (χ1) is 17.1. The van der Waals surface area contributed by atoms with Gasteiger partial charge in [0, 0.05) is 29.8 Å². The molecule has 4 unspecified atom stereocenters. The third-order valence-corrected chi connectivity index (χ3v) is 9.21. The van der Waals surface area contributed by atoms with Crippen molar-refractivity contribution in [3.05, 3.63) is 45.9 Å². The minimum absolute atomic E-state index is 0.0225. The van der Waals surface area contributed by atoms with E-state index >= 15 is 0 Å². The summed E-state index contributed by atoms with van der Waals surface area (Å²) in [6.45, 7) is 2.25. The van der Waals surface area contributed by atoms with Gasteiger partial charge in [0.2, 0.25) is 0 Å². The Morgan fingerprint density at radius 3 is 2.57 bits per heavy atom. The van der Waals surface area contributed by atoms with Gasteiger partial charge in [0.1, 0.15) is 17.7 Å². The fourth-order valence-corrected chi connectivity index (χ4v) is 7.17. The Hall–Kier alpha value is -2.29. The number of benzene rings is 1. The second kappa shape index (κ2) is 10.8. The lowest BCUT2D eigenvalue weighted by atomic mass is 9.76. The van der Waals surface area contributed by atoms with Crippen LogP contribution >= 0.6 is 11.3 Å². The summed E-state index contributed by atoms with van der Waals surface area (Å²) in [6, 6.07) is 7.59. The number of piperidine rings is 2. The summed E-state index contributed by atoms with van der Waals surface area (Å²) < 4.78 is 5.23. The van der Waals surface area contributed by atoms with Crippen LogP contribution < -0.4 is 4.74 Å². The summed E-state index contributed by atoms with van der Waals surface area (Å²) in [6.07, 6.45) is 7.49. The molecule has 2 aromatic rings. The summed E-state index contributed by atoms with van der Waals surface area (Å²) in [4.78, 5) is 34.3. The van der Waals surface area contributed by atoms with E-state index in [4.69, 9.17) is 9.72 Å². The van der Waals surface area contributed by atoms with Crippen molar-refractivity contribution in [1.82, 2.24) is 14.8 Å². The minimum Gasteiger partial charge on any atom is -0.497 e. The van der Waals surface area contributed by atoms with Crippen LogP contribution in [-0.2, 0) is 4.79 Å². The highest BCUT2D eigenvalue weighted by atomic mass is 32.1. The molecule has 1 aromatic carbocycles. The lowest BCUT2D eigenvalue weighted by Crippen LogP contribution is -2.54. The molecule has 1 N–H and O–H groups in total. The first-order valence-electron chi connectivity index (χ1n) is 12.9. The van der Waals surface area contributed by atoms with Crippen LogP contribution in [0.25, 0.3) is 0 Å². The van der Waals surface area contributed by atoms with Gasteiger partial charge in [-0.15, -0.1) is 11.3 Å². The number of aliphatic hydroxyl groups excluding tert-OH is 1. The number of carbonyl (C=O) groups is 2. The van der Waals surface area contributed by atoms with Crippen LogP contribution in [0.1, 0.15) is 78.0 Å². The Morgan fingerprint density at radius 1 is 1.11 bits per heavy atom. The van der Waals surface area contributed by atoms with Crippen molar-refractivity contribution in [2.75, 3.05) is 26.7 Å². The molecule has 35 heavy (non-hydrogen) atoms. The average Bonchev–Trinajstić information content (AvgIpc) is 3.40. The zero-order valence-corrected chi connectivity index (χ0v) is 21.2. The standard InChI is InChI=1S/C27H35N3O4S/c1-34-20-8-6-18(7-9-20)24(16-31)29-13-10-19(11-14-29)26-28-22(17-35-26)27(33)30-15-12-25(32)21-4-2-3-5-23(21)30/h6-9,16-17,19,21,23-25,32H,2-5,10-15H2,1H3. The molecule has 3 fully saturated rings. The number of fused-ring (bicyclic) bond motifs is 1. The predicted molar refractivity (Wildman–Crippen MR) is 135 cm³/mol. The number of nitrogens with zero attached hydrogens (tertiary/aromatic N) is 3. The van der Waals surface area contributed by atoms with Crippen molar-refractivity contribution in [2.24, 2.45) is 5.92 Å². The Labute approximate surface area is 211 Å². The molecule has 2 aliphatic heterocycles. The van der Waals surface area contributed by atoms with Gasteiger partial charge in [-0.3, -0.25) is 9.69 Å². The third kappa shape index (κ3) is 5.01. The normalized spacial score (nSPS) is 26.7. The van der Waals surface area contributed by atoms with Gasteiger partial charge >= 0.3 is 0 Å². The largest absolute Gasteiger partial charge is 0.497 e. The molecule has 1 aliphatic carbocycles. The number of amides is 1. The van der Waals surface area contributed by atoms with Crippen molar-refractivity contribution < 1.29 is 19.4 Å². The summed E-state index contributed by atoms with van der Waals surface area (Å²) in [5.74, 6) is 1.33. The van der Waals surface area contributed by atoms with Crippen molar-refractivity contribution in [3.8, 4) is 5.75 Å². The number of methoxy groups -OCH3 is 1. The molecule has 4 atom stereocenters. The number of ether oxygens (including phenoxy) is 1. The van der Waals surface area contributed by atoms with Crippen LogP contribution in [0.2, 0.25) is 0 Å². The zero-order chi connectivity index (χ0) is 24.4. The highest BCUT2D eigenvalue weighted by Crippen LogP contribution is 2.37. The minimum atomic E-state index is -0.284. The second-order valence-corrected chi connectivity index (χ2v) is 11.0. The molecule has 0 spiro atoms. The predicted octanol–water partition coefficient (Wildman–Crippen LogP) is 4.04. The van der Waals surface area contributed by atoms with E-state index in [0.29, 0.717) is 24.6 Å². The van der Waals surface area contributed by atoms with Gasteiger partial charge in [-0.25, -0.2) is 4.98 Å². The Balaban J connectivity index is 1.21. The molecule has 3 aliphatic rings. The molecule has 1 saturated carbocycles. The van der Waals surface area contributed by atoms with Gasteiger partial charge in [-0.2, -0.15) is 0 Å². The maximum Gasteiger partial charge on any atom is 0.273 e. The van der Waals surface area contributed by atoms with Crippen LogP contribution in [0.4, 0.5) is 0 Å². The van der Waals surface area contributed by atoms with E-state index < -0.39 is 0 Å². The summed E-state index contributed by atoms with van der Waals surface area (Å²) in [5, 5.41) is 13.4. The van der Waals surface area contributed by atoms with Crippen LogP contribution in [0.15, 0.2) is 29.6 Å². The molecule has 2 saturated heterocycles. The Kier molecular flexibility index (Phi) is 7.51. The van der Waals surface area contributed by atoms with Crippen molar-refractivity contribution in [3.63, 3.8) is 0 Å². The van der Waals surface area contributed by atoms with Crippen molar-refractivity contribution in [2.45, 2.75) is 69.1 Å². The number of rotatable bonds is 6. The molecule has 0 bridgehead atoms. The zero-order valence-electron chi connectivity index (χ0n) is 20.3. The molecule has 5 rings (SSSR count). The smallest absolute Gasteiger partial charge is 0.273 e. The summed E-state index contributed by atoms with van der Waals surface area (Å²) >= 11 is 1.58. The van der Waals surface area contributed by atoms with E-state index in [1.807, 2.05) is 34.5 Å². The molecule has 7 nitrogen and oxygen atoms in total. The molecule has 0 radical (unpaired) electrons. The lowest BCUT2D eigenvalue weighted by Gasteiger charge is -2.46. The van der Waals surface area contributed by atoms with E-state index in [1.54, 1.807) is 18.4 Å². The van der Waals surface area contributed by atoms with Gasteiger partial charge < -0.3 is 19.5 Å². The number of hydrogen-bond donors (Lipinski definition) is 1. The lowest BCUT2D eigenvalue weighted by molar-refractivity contribution is -0.113. The van der Waals surface area contributed by atoms with Crippen molar-refractivity contribution >= 4 is 23.5 Å². The van der Waals surface area contributed by atoms with E-state index in [-0.39, 0.29) is 30.0 Å². The first-order valence-corrected chi connectivity index (χ1v) is 13.7. The van der Waals surface area contributed by atoms with Crippen LogP contribution in [-0.4, -0.2) is 71.0 Å². The quantitative estimate of drug-likeness (QED) is 0.607.